The maximum absolute atomic E-state index is 12.5. The van der Waals surface area contributed by atoms with Crippen LogP contribution in [-0.4, -0.2) is 46.3 Å². The van der Waals surface area contributed by atoms with Gasteiger partial charge in [-0.25, -0.2) is 18.7 Å². The predicted octanol–water partition coefficient (Wildman–Crippen LogP) is -0.720. The van der Waals surface area contributed by atoms with Crippen molar-refractivity contribution in [1.29, 1.82) is 0 Å². The number of anilines is 1. The average molecular weight is 231 g/mol. The van der Waals surface area contributed by atoms with Gasteiger partial charge in [-0.1, -0.05) is 0 Å². The zero-order chi connectivity index (χ0) is 11.8. The van der Waals surface area contributed by atoms with Crippen LogP contribution in [0.5, 0.6) is 5.75 Å². The van der Waals surface area contributed by atoms with Crippen molar-refractivity contribution in [3.8, 4) is 5.75 Å². The fourth-order valence-electron chi connectivity index (χ4n) is 1.31. The Balaban J connectivity index is 1.98. The van der Waals surface area contributed by atoms with E-state index in [-0.39, 0.29) is 11.7 Å². The number of aromatic nitrogens is 2. The van der Waals surface area contributed by atoms with Crippen molar-refractivity contribution >= 4 is 13.3 Å². The highest BCUT2D eigenvalue weighted by Gasteiger charge is 2.45. The molecule has 0 aliphatic carbocycles. The second-order valence-corrected chi connectivity index (χ2v) is 3.37. The fourth-order valence-corrected chi connectivity index (χ4v) is 1.31. The lowest BCUT2D eigenvalue weighted by molar-refractivity contribution is -0.0271. The van der Waals surface area contributed by atoms with Gasteiger partial charge in [-0.15, -0.1) is 0 Å². The standard InChI is InChI=1S/C7H8BF2N3O3/c9-7(10)3-13(4-7)6-11-1-5(2-12-6)16-8(14)15/h1-2,14-15H,3-4H2. The first-order chi connectivity index (χ1) is 7.46. The smallest absolute Gasteiger partial charge is 0.509 e. The van der Waals surface area contributed by atoms with E-state index >= 15 is 0 Å². The molecule has 1 aromatic heterocycles. The quantitative estimate of drug-likeness (QED) is 0.668. The lowest BCUT2D eigenvalue weighted by Crippen LogP contribution is -2.57. The SMILES string of the molecule is OB(O)Oc1cnc(N2CC(F)(F)C2)nc1. The van der Waals surface area contributed by atoms with Crippen LogP contribution in [-0.2, 0) is 0 Å². The summed E-state index contributed by atoms with van der Waals surface area (Å²) < 4.78 is 29.5. The minimum Gasteiger partial charge on any atom is -0.509 e. The van der Waals surface area contributed by atoms with E-state index in [1.807, 2.05) is 0 Å². The topological polar surface area (TPSA) is 78.7 Å². The molecule has 1 aliphatic heterocycles. The number of rotatable bonds is 3. The van der Waals surface area contributed by atoms with E-state index < -0.39 is 26.3 Å². The minimum absolute atomic E-state index is 0.0473. The van der Waals surface area contributed by atoms with Gasteiger partial charge in [-0.3, -0.25) is 0 Å². The molecule has 0 bridgehead atoms. The first kappa shape index (κ1) is 11.0. The molecule has 0 amide bonds. The van der Waals surface area contributed by atoms with Gasteiger partial charge in [-0.2, -0.15) is 0 Å². The summed E-state index contributed by atoms with van der Waals surface area (Å²) in [6.45, 7) is -0.814. The molecule has 9 heteroatoms. The predicted molar refractivity (Wildman–Crippen MR) is 50.0 cm³/mol. The lowest BCUT2D eigenvalue weighted by Gasteiger charge is -2.38. The van der Waals surface area contributed by atoms with E-state index in [2.05, 4.69) is 14.6 Å². The van der Waals surface area contributed by atoms with E-state index in [4.69, 9.17) is 10.0 Å². The molecule has 0 saturated carbocycles. The van der Waals surface area contributed by atoms with E-state index in [1.54, 1.807) is 0 Å². The van der Waals surface area contributed by atoms with Crippen LogP contribution in [0, 0.1) is 0 Å². The molecule has 1 saturated heterocycles. The molecule has 2 rings (SSSR count). The van der Waals surface area contributed by atoms with Crippen molar-refractivity contribution in [3.05, 3.63) is 12.4 Å². The van der Waals surface area contributed by atoms with Crippen LogP contribution in [0.15, 0.2) is 12.4 Å². The minimum atomic E-state index is -2.68. The van der Waals surface area contributed by atoms with Crippen LogP contribution < -0.4 is 9.55 Å². The summed E-state index contributed by atoms with van der Waals surface area (Å²) >= 11 is 0. The van der Waals surface area contributed by atoms with Gasteiger partial charge in [0.2, 0.25) is 5.95 Å². The van der Waals surface area contributed by atoms with Crippen LogP contribution in [0.2, 0.25) is 0 Å². The monoisotopic (exact) mass is 231 g/mol. The normalized spacial score (nSPS) is 17.9. The summed E-state index contributed by atoms with van der Waals surface area (Å²) in [5.41, 5.74) is 0. The maximum atomic E-state index is 12.5. The van der Waals surface area contributed by atoms with Crippen LogP contribution >= 0.6 is 0 Å². The Hall–Kier alpha value is -1.48. The van der Waals surface area contributed by atoms with Gasteiger partial charge in [0.1, 0.15) is 5.75 Å². The van der Waals surface area contributed by atoms with Gasteiger partial charge in [0.05, 0.1) is 25.5 Å². The van der Waals surface area contributed by atoms with Crippen LogP contribution in [0.25, 0.3) is 0 Å². The zero-order valence-corrected chi connectivity index (χ0v) is 8.05. The summed E-state index contributed by atoms with van der Waals surface area (Å²) in [6.07, 6.45) is 2.36. The van der Waals surface area contributed by atoms with Crippen molar-refractivity contribution in [1.82, 2.24) is 9.97 Å². The highest BCUT2D eigenvalue weighted by Crippen LogP contribution is 2.29. The largest absolute Gasteiger partial charge is 0.707 e. The van der Waals surface area contributed by atoms with Crippen molar-refractivity contribution < 1.29 is 23.5 Å². The number of nitrogens with zero attached hydrogens (tertiary/aromatic N) is 3. The summed E-state index contributed by atoms with van der Waals surface area (Å²) in [5, 5.41) is 17.0. The Labute approximate surface area is 89.7 Å². The molecular formula is C7H8BF2N3O3. The second-order valence-electron chi connectivity index (χ2n) is 3.37. The molecule has 0 spiro atoms. The highest BCUT2D eigenvalue weighted by atomic mass is 19.3. The van der Waals surface area contributed by atoms with Crippen molar-refractivity contribution in [2.75, 3.05) is 18.0 Å². The molecular weight excluding hydrogens is 223 g/mol. The molecule has 6 nitrogen and oxygen atoms in total. The Kier molecular flexibility index (Phi) is 2.64. The van der Waals surface area contributed by atoms with Crippen LogP contribution in [0.1, 0.15) is 0 Å². The molecule has 2 heterocycles. The Morgan fingerprint density at radius 2 is 1.88 bits per heavy atom. The van der Waals surface area contributed by atoms with Crippen molar-refractivity contribution in [2.45, 2.75) is 5.92 Å². The van der Waals surface area contributed by atoms with Gasteiger partial charge in [0, 0.05) is 0 Å². The van der Waals surface area contributed by atoms with Crippen molar-refractivity contribution in [2.24, 2.45) is 0 Å². The van der Waals surface area contributed by atoms with Crippen LogP contribution in [0.3, 0.4) is 0 Å². The van der Waals surface area contributed by atoms with E-state index in [1.165, 1.54) is 17.3 Å². The molecule has 86 valence electrons. The Morgan fingerprint density at radius 1 is 1.31 bits per heavy atom. The zero-order valence-electron chi connectivity index (χ0n) is 8.05. The maximum Gasteiger partial charge on any atom is 0.707 e. The van der Waals surface area contributed by atoms with Gasteiger partial charge in [0.15, 0.2) is 0 Å². The molecule has 0 radical (unpaired) electrons. The molecule has 16 heavy (non-hydrogen) atoms. The first-order valence-electron chi connectivity index (χ1n) is 4.44. The second kappa shape index (κ2) is 3.83. The number of hydrogen-bond donors (Lipinski definition) is 2. The van der Waals surface area contributed by atoms with E-state index in [0.29, 0.717) is 0 Å². The van der Waals surface area contributed by atoms with E-state index in [9.17, 15) is 8.78 Å². The fraction of sp³-hybridized carbons (Fsp3) is 0.429. The van der Waals surface area contributed by atoms with Crippen LogP contribution in [0.4, 0.5) is 14.7 Å². The van der Waals surface area contributed by atoms with Gasteiger partial charge >= 0.3 is 7.32 Å². The highest BCUT2D eigenvalue weighted by molar-refractivity contribution is 6.33. The Bertz CT molecular complexity index is 368. The number of halogens is 2. The third-order valence-corrected chi connectivity index (χ3v) is 1.98. The molecule has 0 unspecified atom stereocenters. The molecule has 1 fully saturated rings. The number of hydrogen-bond acceptors (Lipinski definition) is 6. The molecule has 0 aromatic carbocycles. The summed E-state index contributed by atoms with van der Waals surface area (Å²) in [7, 11) is -1.96. The lowest BCUT2D eigenvalue weighted by atomic mass is 10.2. The summed E-state index contributed by atoms with van der Waals surface area (Å²) in [6, 6.07) is 0. The third-order valence-electron chi connectivity index (χ3n) is 1.98. The Morgan fingerprint density at radius 3 is 2.31 bits per heavy atom. The van der Waals surface area contributed by atoms with E-state index in [0.717, 1.165) is 0 Å². The first-order valence-corrected chi connectivity index (χ1v) is 4.44. The van der Waals surface area contributed by atoms with Gasteiger partial charge in [-0.05, 0) is 0 Å². The number of alkyl halides is 2. The van der Waals surface area contributed by atoms with Gasteiger partial charge in [0.25, 0.3) is 5.92 Å². The summed E-state index contributed by atoms with van der Waals surface area (Å²) in [4.78, 5) is 8.81. The summed E-state index contributed by atoms with van der Waals surface area (Å²) in [5.74, 6) is -2.48. The van der Waals surface area contributed by atoms with Crippen molar-refractivity contribution in [3.63, 3.8) is 0 Å². The van der Waals surface area contributed by atoms with Gasteiger partial charge < -0.3 is 19.6 Å². The molecule has 0 atom stereocenters. The average Bonchev–Trinajstić information content (AvgIpc) is 2.14. The molecule has 2 N–H and O–H groups in total. The molecule has 1 aliphatic rings. The third kappa shape index (κ3) is 2.36. The molecule has 1 aromatic rings.